The number of nitrogens with one attached hydrogen (secondary N) is 1. The van der Waals surface area contributed by atoms with E-state index in [2.05, 4.69) is 35.9 Å². The summed E-state index contributed by atoms with van der Waals surface area (Å²) < 4.78 is 0. The number of carbonyl (C=O) groups is 1. The molecule has 1 atom stereocenters. The number of hydrogen-bond donors (Lipinski definition) is 1. The van der Waals surface area contributed by atoms with Gasteiger partial charge in [-0.3, -0.25) is 9.69 Å². The third-order valence-corrected chi connectivity index (χ3v) is 5.15. The molecule has 24 heavy (non-hydrogen) atoms. The van der Waals surface area contributed by atoms with Crippen LogP contribution in [0.15, 0.2) is 42.0 Å². The molecular formula is C21H28N2O. The smallest absolute Gasteiger partial charge is 0.186 e. The molecule has 1 N–H and O–H groups in total. The average Bonchev–Trinajstić information content (AvgIpc) is 3.05. The van der Waals surface area contributed by atoms with E-state index in [-0.39, 0.29) is 11.7 Å². The Hall–Kier alpha value is -1.87. The standard InChI is InChI=1S/C21H28N2O/c1-3-5-8-12-23-13-11-18(16(4-2)15-23)21(24)20-14-17-9-6-7-10-19(17)22-20/h4,6-7,9-10,14,18,22H,3,5,8,11-13,15H2,1-2H3/b16-4-/t18-/m1/s1. The van der Waals surface area contributed by atoms with Gasteiger partial charge >= 0.3 is 0 Å². The summed E-state index contributed by atoms with van der Waals surface area (Å²) in [5, 5.41) is 1.11. The van der Waals surface area contributed by atoms with Crippen molar-refractivity contribution in [1.82, 2.24) is 9.88 Å². The van der Waals surface area contributed by atoms with Gasteiger partial charge in [-0.05, 0) is 50.6 Å². The number of rotatable bonds is 6. The maximum absolute atomic E-state index is 13.0. The highest BCUT2D eigenvalue weighted by Crippen LogP contribution is 2.28. The Morgan fingerprint density at radius 3 is 2.92 bits per heavy atom. The zero-order valence-corrected chi connectivity index (χ0v) is 14.8. The fourth-order valence-electron chi connectivity index (χ4n) is 3.71. The number of allylic oxidation sites excluding steroid dienone is 1. The van der Waals surface area contributed by atoms with Gasteiger partial charge in [0.25, 0.3) is 0 Å². The minimum atomic E-state index is 0.0329. The normalized spacial score (nSPS) is 20.8. The van der Waals surface area contributed by atoms with Crippen LogP contribution in [0.3, 0.4) is 0 Å². The summed E-state index contributed by atoms with van der Waals surface area (Å²) in [6.07, 6.45) is 6.89. The quantitative estimate of drug-likeness (QED) is 0.470. The number of hydrogen-bond acceptors (Lipinski definition) is 2. The molecule has 1 fully saturated rings. The Labute approximate surface area is 144 Å². The Morgan fingerprint density at radius 1 is 1.33 bits per heavy atom. The number of aromatic nitrogens is 1. The molecule has 1 aromatic heterocycles. The van der Waals surface area contributed by atoms with Crippen LogP contribution < -0.4 is 0 Å². The van der Waals surface area contributed by atoms with Crippen molar-refractivity contribution >= 4 is 16.7 Å². The number of fused-ring (bicyclic) bond motifs is 1. The second kappa shape index (κ2) is 7.80. The monoisotopic (exact) mass is 324 g/mol. The SMILES string of the molecule is C/C=C1/CN(CCCCC)CC[C@H]1C(=O)c1cc2ccccc2[nH]1. The molecule has 2 aromatic rings. The number of likely N-dealkylation sites (tertiary alicyclic amines) is 1. The van der Waals surface area contributed by atoms with Crippen LogP contribution >= 0.6 is 0 Å². The third-order valence-electron chi connectivity index (χ3n) is 5.15. The summed E-state index contributed by atoms with van der Waals surface area (Å²) in [7, 11) is 0. The minimum Gasteiger partial charge on any atom is -0.352 e. The van der Waals surface area contributed by atoms with Gasteiger partial charge in [0.2, 0.25) is 0 Å². The average molecular weight is 324 g/mol. The number of Topliss-reactive ketones (excluding diaryl/α,β-unsaturated/α-hetero) is 1. The fraction of sp³-hybridized carbons (Fsp3) is 0.476. The lowest BCUT2D eigenvalue weighted by Gasteiger charge is -2.33. The lowest BCUT2D eigenvalue weighted by Crippen LogP contribution is -2.38. The largest absolute Gasteiger partial charge is 0.352 e. The molecule has 2 heterocycles. The summed E-state index contributed by atoms with van der Waals surface area (Å²) in [4.78, 5) is 18.8. The van der Waals surface area contributed by atoms with E-state index in [4.69, 9.17) is 0 Å². The molecule has 1 aliphatic heterocycles. The van der Waals surface area contributed by atoms with Crippen LogP contribution in [0.25, 0.3) is 10.9 Å². The Kier molecular flexibility index (Phi) is 5.52. The van der Waals surface area contributed by atoms with Gasteiger partial charge in [0.15, 0.2) is 5.78 Å². The highest BCUT2D eigenvalue weighted by Gasteiger charge is 2.30. The van der Waals surface area contributed by atoms with Crippen molar-refractivity contribution in [3.63, 3.8) is 0 Å². The number of nitrogens with zero attached hydrogens (tertiary/aromatic N) is 1. The van der Waals surface area contributed by atoms with E-state index in [0.717, 1.165) is 42.7 Å². The zero-order valence-electron chi connectivity index (χ0n) is 14.8. The molecule has 1 aromatic carbocycles. The van der Waals surface area contributed by atoms with Crippen molar-refractivity contribution in [3.05, 3.63) is 47.7 Å². The van der Waals surface area contributed by atoms with E-state index in [9.17, 15) is 4.79 Å². The van der Waals surface area contributed by atoms with E-state index < -0.39 is 0 Å². The van der Waals surface area contributed by atoms with E-state index in [1.807, 2.05) is 24.3 Å². The molecular weight excluding hydrogens is 296 g/mol. The van der Waals surface area contributed by atoms with Crippen LogP contribution in [-0.4, -0.2) is 35.3 Å². The minimum absolute atomic E-state index is 0.0329. The Bertz CT molecular complexity index is 695. The van der Waals surface area contributed by atoms with E-state index >= 15 is 0 Å². The van der Waals surface area contributed by atoms with Gasteiger partial charge in [0, 0.05) is 23.4 Å². The summed E-state index contributed by atoms with van der Waals surface area (Å²) in [6.45, 7) is 7.42. The number of carbonyl (C=O) groups excluding carboxylic acids is 1. The number of unbranched alkanes of at least 4 members (excludes halogenated alkanes) is 2. The van der Waals surface area contributed by atoms with Crippen molar-refractivity contribution in [1.29, 1.82) is 0 Å². The summed E-state index contributed by atoms with van der Waals surface area (Å²) in [5.74, 6) is 0.276. The number of aromatic amines is 1. The number of piperidine rings is 1. The molecule has 128 valence electrons. The van der Waals surface area contributed by atoms with Crippen LogP contribution in [0, 0.1) is 5.92 Å². The van der Waals surface area contributed by atoms with Gasteiger partial charge in [-0.15, -0.1) is 0 Å². The van der Waals surface area contributed by atoms with Crippen LogP contribution in [0.2, 0.25) is 0 Å². The molecule has 0 spiro atoms. The molecule has 1 aliphatic rings. The number of H-pyrrole nitrogens is 1. The first-order chi connectivity index (χ1) is 11.7. The first kappa shape index (κ1) is 17.0. The van der Waals surface area contributed by atoms with Gasteiger partial charge in [-0.25, -0.2) is 0 Å². The van der Waals surface area contributed by atoms with Crippen LogP contribution in [0.4, 0.5) is 0 Å². The molecule has 0 amide bonds. The molecule has 3 rings (SSSR count). The van der Waals surface area contributed by atoms with Gasteiger partial charge in [0.05, 0.1) is 5.69 Å². The van der Waals surface area contributed by atoms with Crippen molar-refractivity contribution in [3.8, 4) is 0 Å². The Balaban J connectivity index is 1.70. The summed E-state index contributed by atoms with van der Waals surface area (Å²) in [6, 6.07) is 10.1. The van der Waals surface area contributed by atoms with Crippen molar-refractivity contribution < 1.29 is 4.79 Å². The summed E-state index contributed by atoms with van der Waals surface area (Å²) >= 11 is 0. The maximum atomic E-state index is 13.0. The van der Waals surface area contributed by atoms with Gasteiger partial charge in [-0.1, -0.05) is 44.0 Å². The second-order valence-electron chi connectivity index (χ2n) is 6.82. The molecule has 0 saturated carbocycles. The number of benzene rings is 1. The topological polar surface area (TPSA) is 36.1 Å². The van der Waals surface area contributed by atoms with E-state index in [0.29, 0.717) is 0 Å². The lowest BCUT2D eigenvalue weighted by molar-refractivity contribution is 0.0895. The highest BCUT2D eigenvalue weighted by atomic mass is 16.1. The lowest BCUT2D eigenvalue weighted by atomic mass is 9.86. The molecule has 0 aliphatic carbocycles. The van der Waals surface area contributed by atoms with E-state index in [1.165, 1.54) is 24.8 Å². The molecule has 3 nitrogen and oxygen atoms in total. The summed E-state index contributed by atoms with van der Waals surface area (Å²) in [5.41, 5.74) is 3.07. The van der Waals surface area contributed by atoms with Crippen molar-refractivity contribution in [2.75, 3.05) is 19.6 Å². The van der Waals surface area contributed by atoms with Gasteiger partial charge in [0.1, 0.15) is 0 Å². The molecule has 1 saturated heterocycles. The zero-order chi connectivity index (χ0) is 16.9. The predicted octanol–water partition coefficient (Wildman–Crippen LogP) is 4.81. The van der Waals surface area contributed by atoms with Gasteiger partial charge in [-0.2, -0.15) is 0 Å². The van der Waals surface area contributed by atoms with E-state index in [1.54, 1.807) is 0 Å². The first-order valence-corrected chi connectivity index (χ1v) is 9.22. The molecule has 3 heteroatoms. The third kappa shape index (κ3) is 3.62. The van der Waals surface area contributed by atoms with Crippen LogP contribution in [0.1, 0.15) is 50.0 Å². The van der Waals surface area contributed by atoms with Gasteiger partial charge < -0.3 is 4.98 Å². The van der Waals surface area contributed by atoms with Crippen molar-refractivity contribution in [2.24, 2.45) is 5.92 Å². The first-order valence-electron chi connectivity index (χ1n) is 9.22. The molecule has 0 unspecified atom stereocenters. The molecule has 0 bridgehead atoms. The maximum Gasteiger partial charge on any atom is 0.186 e. The fourth-order valence-corrected chi connectivity index (χ4v) is 3.71. The number of ketones is 1. The van der Waals surface area contributed by atoms with Crippen LogP contribution in [0.5, 0.6) is 0 Å². The Morgan fingerprint density at radius 2 is 2.17 bits per heavy atom. The second-order valence-corrected chi connectivity index (χ2v) is 6.82. The highest BCUT2D eigenvalue weighted by molar-refractivity contribution is 6.02. The van der Waals surface area contributed by atoms with Crippen LogP contribution in [-0.2, 0) is 0 Å². The molecule has 0 radical (unpaired) electrons. The number of para-hydroxylation sites is 1. The predicted molar refractivity (Wildman–Crippen MR) is 100 cm³/mol. The van der Waals surface area contributed by atoms with Crippen molar-refractivity contribution in [2.45, 2.75) is 39.5 Å².